The summed E-state index contributed by atoms with van der Waals surface area (Å²) in [4.78, 5) is 24.6. The number of aromatic nitrogens is 1. The van der Waals surface area contributed by atoms with Crippen LogP contribution in [-0.2, 0) is 16.0 Å². The van der Waals surface area contributed by atoms with Gasteiger partial charge in [-0.2, -0.15) is 0 Å². The average molecular weight is 343 g/mol. The number of benzene rings is 1. The van der Waals surface area contributed by atoms with Gasteiger partial charge < -0.3 is 16.2 Å². The van der Waals surface area contributed by atoms with E-state index < -0.39 is 5.97 Å². The predicted octanol–water partition coefficient (Wildman–Crippen LogP) is 2.07. The van der Waals surface area contributed by atoms with E-state index in [4.69, 9.17) is 10.8 Å². The Morgan fingerprint density at radius 1 is 1.20 bits per heavy atom. The normalized spacial score (nSPS) is 9.88. The van der Waals surface area contributed by atoms with E-state index in [1.54, 1.807) is 13.2 Å². The number of rotatable bonds is 6. The maximum absolute atomic E-state index is 10.6. The maximum atomic E-state index is 10.6. The Morgan fingerprint density at radius 2 is 1.84 bits per heavy atom. The van der Waals surface area contributed by atoms with Crippen molar-refractivity contribution in [3.63, 3.8) is 0 Å². The number of amides is 1. The number of nitrogens with two attached hydrogens (primary N) is 1. The number of aliphatic carboxylic acids is 1. The van der Waals surface area contributed by atoms with E-state index in [0.717, 1.165) is 11.1 Å². The van der Waals surface area contributed by atoms with Crippen molar-refractivity contribution in [1.29, 1.82) is 0 Å². The van der Waals surface area contributed by atoms with Crippen LogP contribution in [0.5, 0.6) is 0 Å². The fourth-order valence-corrected chi connectivity index (χ4v) is 2.46. The largest absolute Gasteiger partial charge is 0.481 e. The molecule has 0 saturated heterocycles. The lowest BCUT2D eigenvalue weighted by Crippen LogP contribution is -2.25. The summed E-state index contributed by atoms with van der Waals surface area (Å²) >= 11 is 0. The van der Waals surface area contributed by atoms with E-state index in [-0.39, 0.29) is 18.9 Å². The molecular weight excluding hydrogens is 318 g/mol. The zero-order valence-electron chi connectivity index (χ0n) is 14.9. The minimum atomic E-state index is -0.780. The van der Waals surface area contributed by atoms with Gasteiger partial charge in [-0.15, -0.1) is 0 Å². The van der Waals surface area contributed by atoms with Gasteiger partial charge in [0, 0.05) is 24.4 Å². The van der Waals surface area contributed by atoms with Crippen molar-refractivity contribution in [1.82, 2.24) is 10.3 Å². The highest BCUT2D eigenvalue weighted by atomic mass is 16.4. The second-order valence-corrected chi connectivity index (χ2v) is 5.74. The topological polar surface area (TPSA) is 105 Å². The molecule has 0 radical (unpaired) electrons. The quantitative estimate of drug-likeness (QED) is 0.745. The molecule has 0 aliphatic rings. The lowest BCUT2D eigenvalue weighted by atomic mass is 9.96. The lowest BCUT2D eigenvalue weighted by Gasteiger charge is -2.10. The summed E-state index contributed by atoms with van der Waals surface area (Å²) in [7, 11) is 1.67. The molecule has 0 spiro atoms. The smallest absolute Gasteiger partial charge is 0.303 e. The van der Waals surface area contributed by atoms with E-state index >= 15 is 0 Å². The number of hydrogen-bond donors (Lipinski definition) is 3. The first kappa shape index (κ1) is 20.3. The number of carboxylic acid groups (broad SMARTS) is 1. The molecule has 4 N–H and O–H groups in total. The monoisotopic (exact) mass is 343 g/mol. The first-order valence-corrected chi connectivity index (χ1v) is 8.00. The maximum Gasteiger partial charge on any atom is 0.303 e. The van der Waals surface area contributed by atoms with Crippen LogP contribution in [0.4, 0.5) is 0 Å². The third-order valence-electron chi connectivity index (χ3n) is 3.54. The van der Waals surface area contributed by atoms with Crippen molar-refractivity contribution in [3.8, 4) is 11.1 Å². The fraction of sp³-hybridized carbons (Fsp3) is 0.316. The van der Waals surface area contributed by atoms with Crippen LogP contribution < -0.4 is 11.1 Å². The molecule has 2 rings (SSSR count). The molecule has 0 saturated carbocycles. The summed E-state index contributed by atoms with van der Waals surface area (Å²) in [6.07, 6.45) is 4.22. The molecule has 6 nitrogen and oxygen atoms in total. The molecule has 1 aromatic heterocycles. The number of carbonyl (C=O) groups excluding carboxylic acids is 1. The van der Waals surface area contributed by atoms with Crippen LogP contribution in [-0.4, -0.2) is 35.6 Å². The van der Waals surface area contributed by atoms with Crippen LogP contribution in [0.1, 0.15) is 23.1 Å². The number of hydrogen-bond acceptors (Lipinski definition) is 4. The van der Waals surface area contributed by atoms with Crippen molar-refractivity contribution in [2.24, 2.45) is 5.73 Å². The average Bonchev–Trinajstić information content (AvgIpc) is 2.54. The van der Waals surface area contributed by atoms with Crippen LogP contribution >= 0.6 is 0 Å². The molecule has 1 aromatic carbocycles. The van der Waals surface area contributed by atoms with Gasteiger partial charge in [-0.1, -0.05) is 18.2 Å². The van der Waals surface area contributed by atoms with Crippen LogP contribution in [0, 0.1) is 13.8 Å². The number of likely N-dealkylation sites (N-methyl/N-ethyl adjacent to an activating group) is 1. The van der Waals surface area contributed by atoms with E-state index in [1.807, 2.05) is 18.3 Å². The molecule has 134 valence electrons. The fourth-order valence-electron chi connectivity index (χ4n) is 2.46. The molecule has 2 aromatic rings. The number of pyridine rings is 1. The summed E-state index contributed by atoms with van der Waals surface area (Å²) in [6, 6.07) is 8.22. The Kier molecular flexibility index (Phi) is 8.29. The Morgan fingerprint density at radius 3 is 2.32 bits per heavy atom. The molecule has 0 bridgehead atoms. The van der Waals surface area contributed by atoms with Crippen LogP contribution in [0.15, 0.2) is 36.7 Å². The highest BCUT2D eigenvalue weighted by molar-refractivity contribution is 5.75. The standard InChI is InChI=1S/C16H17NO2.C3H8N2O/c1-11-4-3-5-12(2)16(11)14-8-13(9-17-10-14)6-7-15(18)19;1-5-2-3(4)6/h3-5,8-10H,6-7H2,1-2H3,(H,18,19);5H,2H2,1H3,(H2,4,6). The summed E-state index contributed by atoms with van der Waals surface area (Å²) in [5, 5.41) is 11.3. The molecule has 25 heavy (non-hydrogen) atoms. The second kappa shape index (κ2) is 10.2. The van der Waals surface area contributed by atoms with Gasteiger partial charge in [0.05, 0.1) is 6.54 Å². The third kappa shape index (κ3) is 7.14. The molecule has 0 aliphatic heterocycles. The highest BCUT2D eigenvalue weighted by Crippen LogP contribution is 2.27. The van der Waals surface area contributed by atoms with Crippen LogP contribution in [0.3, 0.4) is 0 Å². The third-order valence-corrected chi connectivity index (χ3v) is 3.54. The number of carbonyl (C=O) groups is 2. The van der Waals surface area contributed by atoms with Gasteiger partial charge in [0.2, 0.25) is 5.91 Å². The Bertz CT molecular complexity index is 709. The van der Waals surface area contributed by atoms with Crippen molar-refractivity contribution >= 4 is 11.9 Å². The van der Waals surface area contributed by atoms with Crippen LogP contribution in [0.25, 0.3) is 11.1 Å². The summed E-state index contributed by atoms with van der Waals surface area (Å²) in [5.74, 6) is -1.10. The molecule has 0 aliphatic carbocycles. The minimum Gasteiger partial charge on any atom is -0.481 e. The zero-order valence-corrected chi connectivity index (χ0v) is 14.9. The van der Waals surface area contributed by atoms with Gasteiger partial charge in [-0.05, 0) is 55.6 Å². The Balaban J connectivity index is 0.000000450. The van der Waals surface area contributed by atoms with Crippen molar-refractivity contribution < 1.29 is 14.7 Å². The molecule has 1 amide bonds. The molecule has 6 heteroatoms. The number of primary amides is 1. The highest BCUT2D eigenvalue weighted by Gasteiger charge is 2.07. The van der Waals surface area contributed by atoms with Gasteiger partial charge in [0.1, 0.15) is 0 Å². The summed E-state index contributed by atoms with van der Waals surface area (Å²) in [6.45, 7) is 4.42. The number of aryl methyl sites for hydroxylation is 3. The van der Waals surface area contributed by atoms with Gasteiger partial charge in [0.15, 0.2) is 0 Å². The van der Waals surface area contributed by atoms with E-state index in [1.165, 1.54) is 16.7 Å². The molecule has 0 atom stereocenters. The first-order chi connectivity index (χ1) is 11.8. The lowest BCUT2D eigenvalue weighted by molar-refractivity contribution is -0.137. The molecular formula is C19H25N3O3. The first-order valence-electron chi connectivity index (χ1n) is 8.00. The van der Waals surface area contributed by atoms with Crippen molar-refractivity contribution in [2.45, 2.75) is 26.7 Å². The summed E-state index contributed by atoms with van der Waals surface area (Å²) < 4.78 is 0. The van der Waals surface area contributed by atoms with E-state index in [9.17, 15) is 9.59 Å². The van der Waals surface area contributed by atoms with Gasteiger partial charge in [-0.3, -0.25) is 14.6 Å². The van der Waals surface area contributed by atoms with E-state index in [2.05, 4.69) is 36.3 Å². The SMILES string of the molecule is CNCC(N)=O.Cc1cccc(C)c1-c1cncc(CCC(=O)O)c1. The van der Waals surface area contributed by atoms with Crippen molar-refractivity contribution in [3.05, 3.63) is 53.3 Å². The molecule has 0 fully saturated rings. The van der Waals surface area contributed by atoms with Crippen LogP contribution in [0.2, 0.25) is 0 Å². The predicted molar refractivity (Wildman–Crippen MR) is 98.2 cm³/mol. The number of nitrogens with zero attached hydrogens (tertiary/aromatic N) is 1. The summed E-state index contributed by atoms with van der Waals surface area (Å²) in [5.41, 5.74) is 10.3. The number of carboxylic acids is 1. The minimum absolute atomic E-state index is 0.137. The van der Waals surface area contributed by atoms with Gasteiger partial charge in [0.25, 0.3) is 0 Å². The Labute approximate surface area is 148 Å². The number of nitrogens with one attached hydrogen (secondary N) is 1. The van der Waals surface area contributed by atoms with Gasteiger partial charge >= 0.3 is 5.97 Å². The Hall–Kier alpha value is -2.73. The van der Waals surface area contributed by atoms with Crippen molar-refractivity contribution in [2.75, 3.05) is 13.6 Å². The zero-order chi connectivity index (χ0) is 18.8. The van der Waals surface area contributed by atoms with Gasteiger partial charge in [-0.25, -0.2) is 0 Å². The molecule has 1 heterocycles. The second-order valence-electron chi connectivity index (χ2n) is 5.74. The molecule has 0 unspecified atom stereocenters. The van der Waals surface area contributed by atoms with E-state index in [0.29, 0.717) is 6.42 Å².